The van der Waals surface area contributed by atoms with Crippen LogP contribution in [0.15, 0.2) is 12.4 Å². The lowest BCUT2D eigenvalue weighted by atomic mass is 9.93. The van der Waals surface area contributed by atoms with Crippen LogP contribution in [0.5, 0.6) is 0 Å². The maximum atomic E-state index is 12.6. The predicted octanol–water partition coefficient (Wildman–Crippen LogP) is 0.191. The van der Waals surface area contributed by atoms with Gasteiger partial charge in [0.2, 0.25) is 11.8 Å². The molecule has 1 spiro atoms. The summed E-state index contributed by atoms with van der Waals surface area (Å²) in [6.07, 6.45) is 7.07. The highest BCUT2D eigenvalue weighted by Crippen LogP contribution is 2.33. The summed E-state index contributed by atoms with van der Waals surface area (Å²) in [5.74, 6) is 0.791. The molecule has 1 N–H and O–H groups in total. The van der Waals surface area contributed by atoms with Crippen molar-refractivity contribution in [1.82, 2.24) is 19.8 Å². The van der Waals surface area contributed by atoms with Gasteiger partial charge >= 0.3 is 0 Å². The van der Waals surface area contributed by atoms with E-state index in [1.165, 1.54) is 0 Å². The average Bonchev–Trinajstić information content (AvgIpc) is 2.97. The van der Waals surface area contributed by atoms with Crippen molar-refractivity contribution in [3.63, 3.8) is 0 Å². The van der Waals surface area contributed by atoms with Crippen LogP contribution in [0, 0.1) is 0 Å². The van der Waals surface area contributed by atoms with Crippen molar-refractivity contribution in [3.8, 4) is 0 Å². The van der Waals surface area contributed by atoms with Gasteiger partial charge in [0.15, 0.2) is 0 Å². The van der Waals surface area contributed by atoms with Gasteiger partial charge in [-0.05, 0) is 12.8 Å². The molecule has 6 nitrogen and oxygen atoms in total. The van der Waals surface area contributed by atoms with Gasteiger partial charge in [0, 0.05) is 19.4 Å². The highest BCUT2D eigenvalue weighted by molar-refractivity contribution is 5.98. The first-order valence-corrected chi connectivity index (χ1v) is 6.67. The van der Waals surface area contributed by atoms with Crippen molar-refractivity contribution in [1.29, 1.82) is 0 Å². The van der Waals surface area contributed by atoms with Crippen molar-refractivity contribution in [2.75, 3.05) is 6.54 Å². The third-order valence-electron chi connectivity index (χ3n) is 4.12. The summed E-state index contributed by atoms with van der Waals surface area (Å²) in [6.45, 7) is 0.533. The van der Waals surface area contributed by atoms with E-state index in [1.54, 1.807) is 11.1 Å². The first-order valence-electron chi connectivity index (χ1n) is 6.67. The van der Waals surface area contributed by atoms with E-state index < -0.39 is 5.54 Å². The molecule has 1 saturated heterocycles. The van der Waals surface area contributed by atoms with E-state index in [0.717, 1.165) is 31.5 Å². The fraction of sp³-hybridized carbons (Fsp3) is 0.615. The van der Waals surface area contributed by atoms with E-state index in [-0.39, 0.29) is 18.4 Å². The van der Waals surface area contributed by atoms with E-state index in [2.05, 4.69) is 10.3 Å². The average molecular weight is 262 g/mol. The van der Waals surface area contributed by atoms with Crippen LogP contribution in [0.1, 0.15) is 31.5 Å². The molecule has 1 saturated carbocycles. The lowest BCUT2D eigenvalue weighted by Crippen LogP contribution is -2.65. The molecule has 6 heteroatoms. The Hall–Kier alpha value is -1.85. The minimum Gasteiger partial charge on any atom is -0.340 e. The van der Waals surface area contributed by atoms with Gasteiger partial charge in [0.05, 0.1) is 6.54 Å². The number of carbonyl (C=O) groups excluding carboxylic acids is 2. The number of imidazole rings is 1. The van der Waals surface area contributed by atoms with Crippen molar-refractivity contribution < 1.29 is 9.59 Å². The number of aryl methyl sites for hydroxylation is 1. The molecule has 2 fully saturated rings. The number of nitrogens with one attached hydrogen (secondary N) is 1. The van der Waals surface area contributed by atoms with E-state index in [1.807, 2.05) is 17.8 Å². The summed E-state index contributed by atoms with van der Waals surface area (Å²) in [7, 11) is 1.89. The molecule has 0 aromatic carbocycles. The van der Waals surface area contributed by atoms with Crippen molar-refractivity contribution in [3.05, 3.63) is 18.2 Å². The molecule has 0 bridgehead atoms. The molecule has 1 aliphatic carbocycles. The second-order valence-corrected chi connectivity index (χ2v) is 5.45. The molecule has 2 heterocycles. The van der Waals surface area contributed by atoms with Crippen LogP contribution in [0.4, 0.5) is 0 Å². The summed E-state index contributed by atoms with van der Waals surface area (Å²) in [5, 5.41) is 2.91. The second-order valence-electron chi connectivity index (χ2n) is 5.45. The SMILES string of the molecule is Cn1ccnc1CN1CC(=O)NC2(CCCC2)C1=O. The number of aromatic nitrogens is 2. The standard InChI is InChI=1S/C13H18N4O2/c1-16-7-6-14-10(16)8-17-9-11(18)15-13(12(17)19)4-2-3-5-13/h6-7H,2-5,8-9H2,1H3,(H,15,18). The Bertz CT molecular complexity index is 516. The molecule has 0 atom stereocenters. The van der Waals surface area contributed by atoms with E-state index in [9.17, 15) is 9.59 Å². The minimum absolute atomic E-state index is 0.0487. The van der Waals surface area contributed by atoms with Gasteiger partial charge in [-0.15, -0.1) is 0 Å². The number of carbonyl (C=O) groups is 2. The zero-order valence-corrected chi connectivity index (χ0v) is 11.1. The molecule has 19 heavy (non-hydrogen) atoms. The summed E-state index contributed by atoms with van der Waals surface area (Å²) in [6, 6.07) is 0. The summed E-state index contributed by atoms with van der Waals surface area (Å²) < 4.78 is 1.88. The molecule has 1 aromatic rings. The smallest absolute Gasteiger partial charge is 0.249 e. The summed E-state index contributed by atoms with van der Waals surface area (Å²) in [5.41, 5.74) is -0.638. The van der Waals surface area contributed by atoms with E-state index in [0.29, 0.717) is 6.54 Å². The maximum Gasteiger partial charge on any atom is 0.249 e. The number of hydrogen-bond acceptors (Lipinski definition) is 3. The normalized spacial score (nSPS) is 22.1. The molecule has 1 aliphatic heterocycles. The Morgan fingerprint density at radius 2 is 2.11 bits per heavy atom. The van der Waals surface area contributed by atoms with Crippen LogP contribution in [-0.2, 0) is 23.2 Å². The van der Waals surface area contributed by atoms with Crippen LogP contribution in [-0.4, -0.2) is 38.3 Å². The number of rotatable bonds is 2. The minimum atomic E-state index is -0.638. The van der Waals surface area contributed by atoms with Gasteiger partial charge in [-0.25, -0.2) is 4.98 Å². The topological polar surface area (TPSA) is 67.2 Å². The number of piperazine rings is 1. The first-order chi connectivity index (χ1) is 9.11. The Morgan fingerprint density at radius 3 is 2.74 bits per heavy atom. The summed E-state index contributed by atoms with van der Waals surface area (Å²) in [4.78, 5) is 30.3. The van der Waals surface area contributed by atoms with Gasteiger partial charge in [-0.2, -0.15) is 0 Å². The summed E-state index contributed by atoms with van der Waals surface area (Å²) >= 11 is 0. The first kappa shape index (κ1) is 12.2. The quantitative estimate of drug-likeness (QED) is 0.827. The monoisotopic (exact) mass is 262 g/mol. The van der Waals surface area contributed by atoms with Crippen LogP contribution < -0.4 is 5.32 Å². The van der Waals surface area contributed by atoms with Gasteiger partial charge in [-0.3, -0.25) is 9.59 Å². The molecule has 3 rings (SSSR count). The third-order valence-corrected chi connectivity index (χ3v) is 4.12. The number of amides is 2. The van der Waals surface area contributed by atoms with Crippen LogP contribution in [0.25, 0.3) is 0 Å². The Morgan fingerprint density at radius 1 is 1.37 bits per heavy atom. The van der Waals surface area contributed by atoms with Crippen molar-refractivity contribution in [2.24, 2.45) is 7.05 Å². The fourth-order valence-corrected chi connectivity index (χ4v) is 3.07. The molecule has 102 valence electrons. The highest BCUT2D eigenvalue weighted by atomic mass is 16.2. The molecule has 2 amide bonds. The fourth-order valence-electron chi connectivity index (χ4n) is 3.07. The van der Waals surface area contributed by atoms with Crippen LogP contribution >= 0.6 is 0 Å². The Labute approximate surface area is 111 Å². The van der Waals surface area contributed by atoms with Gasteiger partial charge in [0.25, 0.3) is 0 Å². The molecule has 1 aromatic heterocycles. The van der Waals surface area contributed by atoms with Gasteiger partial charge < -0.3 is 14.8 Å². The Kier molecular flexibility index (Phi) is 2.80. The van der Waals surface area contributed by atoms with Crippen molar-refractivity contribution in [2.45, 2.75) is 37.8 Å². The predicted molar refractivity (Wildman–Crippen MR) is 68.0 cm³/mol. The Balaban J connectivity index is 1.83. The van der Waals surface area contributed by atoms with Crippen LogP contribution in [0.3, 0.4) is 0 Å². The highest BCUT2D eigenvalue weighted by Gasteiger charge is 2.48. The van der Waals surface area contributed by atoms with Crippen LogP contribution in [0.2, 0.25) is 0 Å². The van der Waals surface area contributed by atoms with Gasteiger partial charge in [0.1, 0.15) is 17.9 Å². The largest absolute Gasteiger partial charge is 0.340 e. The molecule has 0 radical (unpaired) electrons. The maximum absolute atomic E-state index is 12.6. The lowest BCUT2D eigenvalue weighted by molar-refractivity contribution is -0.150. The third kappa shape index (κ3) is 2.01. The lowest BCUT2D eigenvalue weighted by Gasteiger charge is -2.39. The zero-order chi connectivity index (χ0) is 13.5. The van der Waals surface area contributed by atoms with Gasteiger partial charge in [-0.1, -0.05) is 12.8 Å². The van der Waals surface area contributed by atoms with E-state index >= 15 is 0 Å². The van der Waals surface area contributed by atoms with E-state index in [4.69, 9.17) is 0 Å². The number of nitrogens with zero attached hydrogens (tertiary/aromatic N) is 3. The number of hydrogen-bond donors (Lipinski definition) is 1. The zero-order valence-electron chi connectivity index (χ0n) is 11.1. The molecule has 2 aliphatic rings. The second kappa shape index (κ2) is 4.36. The molecular weight excluding hydrogens is 244 g/mol. The molecular formula is C13H18N4O2. The molecule has 0 unspecified atom stereocenters. The van der Waals surface area contributed by atoms with Crippen molar-refractivity contribution >= 4 is 11.8 Å².